The van der Waals surface area contributed by atoms with Crippen molar-refractivity contribution in [1.29, 1.82) is 0 Å². The Labute approximate surface area is 199 Å². The predicted molar refractivity (Wildman–Crippen MR) is 128 cm³/mol. The number of nitrogens with one attached hydrogen (secondary N) is 2. The Bertz CT molecular complexity index is 1210. The smallest absolute Gasteiger partial charge is 0.338 e. The first-order chi connectivity index (χ1) is 16.3. The molecule has 34 heavy (non-hydrogen) atoms. The maximum absolute atomic E-state index is 12.5. The van der Waals surface area contributed by atoms with Gasteiger partial charge in [-0.15, -0.1) is 0 Å². The summed E-state index contributed by atoms with van der Waals surface area (Å²) in [6, 6.07) is 21.3. The lowest BCUT2D eigenvalue weighted by atomic mass is 10.1. The normalized spacial score (nSPS) is 11.8. The summed E-state index contributed by atoms with van der Waals surface area (Å²) < 4.78 is 37.8. The number of sulfonamides is 1. The molecule has 9 heteroatoms. The fourth-order valence-electron chi connectivity index (χ4n) is 3.04. The second-order valence-corrected chi connectivity index (χ2v) is 9.11. The molecule has 1 atom stereocenters. The van der Waals surface area contributed by atoms with Crippen molar-refractivity contribution in [2.45, 2.75) is 24.3 Å². The molecule has 178 valence electrons. The van der Waals surface area contributed by atoms with Crippen molar-refractivity contribution in [2.75, 3.05) is 18.4 Å². The molecule has 0 radical (unpaired) electrons. The molecule has 0 fully saturated rings. The third-order valence-electron chi connectivity index (χ3n) is 4.95. The Balaban J connectivity index is 1.50. The van der Waals surface area contributed by atoms with Gasteiger partial charge in [-0.2, -0.15) is 0 Å². The number of amides is 1. The fourth-order valence-corrected chi connectivity index (χ4v) is 4.10. The van der Waals surface area contributed by atoms with Gasteiger partial charge in [-0.05, 0) is 67.4 Å². The zero-order valence-corrected chi connectivity index (χ0v) is 19.7. The van der Waals surface area contributed by atoms with Crippen LogP contribution in [0.4, 0.5) is 5.69 Å². The first kappa shape index (κ1) is 24.8. The molecule has 0 heterocycles. The second kappa shape index (κ2) is 11.3. The Kier molecular flexibility index (Phi) is 8.26. The molecule has 0 spiro atoms. The summed E-state index contributed by atoms with van der Waals surface area (Å²) in [4.78, 5) is 24.6. The minimum Gasteiger partial charge on any atom is -0.497 e. The number of carbonyl (C=O) groups excluding carboxylic acids is 2. The van der Waals surface area contributed by atoms with E-state index in [0.717, 1.165) is 11.3 Å². The number of para-hydroxylation sites is 1. The van der Waals surface area contributed by atoms with Gasteiger partial charge in [0.2, 0.25) is 0 Å². The van der Waals surface area contributed by atoms with E-state index in [2.05, 4.69) is 10.0 Å². The Morgan fingerprint density at radius 1 is 0.912 bits per heavy atom. The summed E-state index contributed by atoms with van der Waals surface area (Å²) in [7, 11) is -2.21. The van der Waals surface area contributed by atoms with Crippen LogP contribution >= 0.6 is 0 Å². The lowest BCUT2D eigenvalue weighted by molar-refractivity contribution is -0.129. The summed E-state index contributed by atoms with van der Waals surface area (Å²) >= 11 is 0. The maximum Gasteiger partial charge on any atom is 0.338 e. The number of hydrogen-bond donors (Lipinski definition) is 2. The first-order valence-corrected chi connectivity index (χ1v) is 12.1. The Hall–Kier alpha value is -3.85. The number of hydrogen-bond acceptors (Lipinski definition) is 6. The van der Waals surface area contributed by atoms with E-state index >= 15 is 0 Å². The van der Waals surface area contributed by atoms with Crippen molar-refractivity contribution in [1.82, 2.24) is 5.32 Å². The summed E-state index contributed by atoms with van der Waals surface area (Å²) in [6.45, 7) is 1.86. The lowest BCUT2D eigenvalue weighted by Crippen LogP contribution is -2.36. The van der Waals surface area contributed by atoms with Gasteiger partial charge < -0.3 is 14.8 Å². The molecule has 8 nitrogen and oxygen atoms in total. The average Bonchev–Trinajstić information content (AvgIpc) is 2.84. The zero-order chi connectivity index (χ0) is 24.6. The topological polar surface area (TPSA) is 111 Å². The number of benzene rings is 3. The van der Waals surface area contributed by atoms with E-state index in [1.165, 1.54) is 31.2 Å². The Morgan fingerprint density at radius 2 is 1.56 bits per heavy atom. The molecule has 0 aliphatic rings. The maximum atomic E-state index is 12.5. The predicted octanol–water partition coefficient (Wildman–Crippen LogP) is 3.40. The fraction of sp³-hybridized carbons (Fsp3) is 0.200. The summed E-state index contributed by atoms with van der Waals surface area (Å²) in [5.74, 6) is -0.391. The molecule has 2 N–H and O–H groups in total. The third-order valence-corrected chi connectivity index (χ3v) is 6.35. The monoisotopic (exact) mass is 482 g/mol. The molecule has 0 bridgehead atoms. The van der Waals surface area contributed by atoms with Gasteiger partial charge in [-0.3, -0.25) is 9.52 Å². The van der Waals surface area contributed by atoms with Crippen LogP contribution < -0.4 is 14.8 Å². The van der Waals surface area contributed by atoms with Crippen LogP contribution in [0.5, 0.6) is 5.75 Å². The van der Waals surface area contributed by atoms with Crippen LogP contribution in [0.3, 0.4) is 0 Å². The summed E-state index contributed by atoms with van der Waals surface area (Å²) in [5.41, 5.74) is 1.59. The van der Waals surface area contributed by atoms with Gasteiger partial charge >= 0.3 is 5.97 Å². The van der Waals surface area contributed by atoms with E-state index in [0.29, 0.717) is 18.7 Å². The highest BCUT2D eigenvalue weighted by atomic mass is 32.2. The molecular formula is C25H26N2O6S. The minimum absolute atomic E-state index is 0.00257. The van der Waals surface area contributed by atoms with Gasteiger partial charge in [0, 0.05) is 12.2 Å². The van der Waals surface area contributed by atoms with E-state index in [1.807, 2.05) is 24.3 Å². The molecule has 0 saturated carbocycles. The van der Waals surface area contributed by atoms with Crippen LogP contribution in [0, 0.1) is 0 Å². The minimum atomic E-state index is -3.80. The number of anilines is 1. The van der Waals surface area contributed by atoms with E-state index in [-0.39, 0.29) is 10.5 Å². The summed E-state index contributed by atoms with van der Waals surface area (Å²) in [5, 5.41) is 2.73. The van der Waals surface area contributed by atoms with Crippen molar-refractivity contribution in [3.8, 4) is 5.75 Å². The highest BCUT2D eigenvalue weighted by Gasteiger charge is 2.20. The molecule has 1 unspecified atom stereocenters. The number of esters is 1. The van der Waals surface area contributed by atoms with Crippen LogP contribution in [0.1, 0.15) is 22.8 Å². The van der Waals surface area contributed by atoms with E-state index < -0.39 is 28.0 Å². The summed E-state index contributed by atoms with van der Waals surface area (Å²) in [6.07, 6.45) is -0.393. The van der Waals surface area contributed by atoms with Gasteiger partial charge in [0.25, 0.3) is 15.9 Å². The number of methoxy groups -OCH3 is 1. The van der Waals surface area contributed by atoms with Crippen molar-refractivity contribution in [3.63, 3.8) is 0 Å². The largest absolute Gasteiger partial charge is 0.497 e. The van der Waals surface area contributed by atoms with Crippen LogP contribution in [0.2, 0.25) is 0 Å². The van der Waals surface area contributed by atoms with Gasteiger partial charge in [0.15, 0.2) is 6.10 Å². The molecule has 3 rings (SSSR count). The lowest BCUT2D eigenvalue weighted by Gasteiger charge is -2.14. The third kappa shape index (κ3) is 6.82. The zero-order valence-electron chi connectivity index (χ0n) is 18.9. The average molecular weight is 483 g/mol. The quantitative estimate of drug-likeness (QED) is 0.429. The molecule has 0 aliphatic heterocycles. The van der Waals surface area contributed by atoms with Crippen LogP contribution in [-0.4, -0.2) is 40.1 Å². The molecule has 3 aromatic carbocycles. The number of rotatable bonds is 10. The van der Waals surface area contributed by atoms with Crippen molar-refractivity contribution in [3.05, 3.63) is 90.0 Å². The van der Waals surface area contributed by atoms with Gasteiger partial charge in [-0.25, -0.2) is 13.2 Å². The number of carbonyl (C=O) groups is 2. The Morgan fingerprint density at radius 3 is 2.18 bits per heavy atom. The SMILES string of the molecule is COc1ccc(CCNC(=O)C(C)OC(=O)c2ccc(S(=O)(=O)Nc3ccccc3)cc2)cc1. The second-order valence-electron chi connectivity index (χ2n) is 7.43. The number of ether oxygens (including phenoxy) is 2. The highest BCUT2D eigenvalue weighted by molar-refractivity contribution is 7.92. The molecule has 0 saturated heterocycles. The molecule has 0 aromatic heterocycles. The van der Waals surface area contributed by atoms with E-state index in [9.17, 15) is 18.0 Å². The van der Waals surface area contributed by atoms with Crippen molar-refractivity contribution >= 4 is 27.6 Å². The first-order valence-electron chi connectivity index (χ1n) is 10.6. The highest BCUT2D eigenvalue weighted by Crippen LogP contribution is 2.17. The molecule has 0 aliphatic carbocycles. The van der Waals surface area contributed by atoms with E-state index in [1.54, 1.807) is 37.4 Å². The van der Waals surface area contributed by atoms with Crippen LogP contribution in [0.15, 0.2) is 83.8 Å². The van der Waals surface area contributed by atoms with Crippen LogP contribution in [-0.2, 0) is 26.0 Å². The molecule has 1 amide bonds. The molecule has 3 aromatic rings. The van der Waals surface area contributed by atoms with Gasteiger partial charge in [0.1, 0.15) is 5.75 Å². The van der Waals surface area contributed by atoms with Crippen molar-refractivity contribution in [2.24, 2.45) is 0 Å². The molecular weight excluding hydrogens is 456 g/mol. The van der Waals surface area contributed by atoms with Gasteiger partial charge in [0.05, 0.1) is 17.6 Å². The van der Waals surface area contributed by atoms with Crippen LogP contribution in [0.25, 0.3) is 0 Å². The van der Waals surface area contributed by atoms with Gasteiger partial charge in [-0.1, -0.05) is 30.3 Å². The standard InChI is InChI=1S/C25H26N2O6S/c1-18(24(28)26-17-16-19-8-12-22(32-2)13-9-19)33-25(29)20-10-14-23(15-11-20)34(30,31)27-21-6-4-3-5-7-21/h3-15,18,27H,16-17H2,1-2H3,(H,26,28). The van der Waals surface area contributed by atoms with E-state index in [4.69, 9.17) is 9.47 Å². The van der Waals surface area contributed by atoms with Crippen molar-refractivity contribution < 1.29 is 27.5 Å².